The minimum absolute atomic E-state index is 0.195. The summed E-state index contributed by atoms with van der Waals surface area (Å²) in [6.45, 7) is 2.70. The third kappa shape index (κ3) is 5.18. The van der Waals surface area contributed by atoms with Crippen LogP contribution in [0.5, 0.6) is 0 Å². The molecule has 206 valence electrons. The predicted octanol–water partition coefficient (Wildman–Crippen LogP) is 5.99. The minimum atomic E-state index is -4.88. The molecule has 1 aliphatic heterocycles. The van der Waals surface area contributed by atoms with Crippen molar-refractivity contribution in [1.82, 2.24) is 4.90 Å². The molecule has 0 unspecified atom stereocenters. The van der Waals surface area contributed by atoms with Gasteiger partial charge in [-0.25, -0.2) is 18.9 Å². The van der Waals surface area contributed by atoms with Gasteiger partial charge in [0.2, 0.25) is 0 Å². The number of nitrogens with zero attached hydrogens (tertiary/aromatic N) is 3. The van der Waals surface area contributed by atoms with Crippen molar-refractivity contribution in [1.29, 1.82) is 5.26 Å². The first-order valence-corrected chi connectivity index (χ1v) is 11.8. The maximum atomic E-state index is 14.2. The summed E-state index contributed by atoms with van der Waals surface area (Å²) >= 11 is 0. The Labute approximate surface area is 226 Å². The fourth-order valence-corrected chi connectivity index (χ4v) is 4.27. The number of halogens is 4. The number of hydrogen-bond donors (Lipinski definition) is 1. The predicted molar refractivity (Wildman–Crippen MR) is 136 cm³/mol. The van der Waals surface area contributed by atoms with E-state index in [4.69, 9.17) is 5.26 Å². The third-order valence-electron chi connectivity index (χ3n) is 6.50. The van der Waals surface area contributed by atoms with Crippen LogP contribution in [0.15, 0.2) is 60.7 Å². The van der Waals surface area contributed by atoms with Gasteiger partial charge >= 0.3 is 18.2 Å². The number of hydrogen-bond acceptors (Lipinski definition) is 6. The van der Waals surface area contributed by atoms with E-state index in [1.165, 1.54) is 62.3 Å². The number of nitriles is 1. The first-order chi connectivity index (χ1) is 18.8. The van der Waals surface area contributed by atoms with Crippen LogP contribution in [0.1, 0.15) is 40.9 Å². The van der Waals surface area contributed by atoms with Gasteiger partial charge in [0.1, 0.15) is 11.4 Å². The van der Waals surface area contributed by atoms with Gasteiger partial charge in [0, 0.05) is 11.4 Å². The Morgan fingerprint density at radius 3 is 2.33 bits per heavy atom. The van der Waals surface area contributed by atoms with Crippen LogP contribution in [0.4, 0.5) is 39.4 Å². The fraction of sp³-hybridized carbons (Fsp3) is 0.214. The molecule has 1 N–H and O–H groups in total. The number of esters is 1. The molecule has 0 saturated carbocycles. The molecule has 0 radical (unpaired) electrons. The fourth-order valence-electron chi connectivity index (χ4n) is 4.27. The van der Waals surface area contributed by atoms with Crippen LogP contribution in [0, 0.1) is 17.1 Å². The Bertz CT molecular complexity index is 1550. The lowest BCUT2D eigenvalue weighted by molar-refractivity contribution is -0.137. The SMILES string of the molecule is COC(=O)c1ccc(Nc2cc(F)ccc2CN2C(=O)N(c3ccc(C#N)c(C(F)(F)F)c3)C(=O)C2(C)C)cc1. The highest BCUT2D eigenvalue weighted by molar-refractivity contribution is 6.23. The number of urea groups is 1. The van der Waals surface area contributed by atoms with Crippen molar-refractivity contribution in [3.63, 3.8) is 0 Å². The van der Waals surface area contributed by atoms with Crippen molar-refractivity contribution in [3.05, 3.63) is 88.7 Å². The van der Waals surface area contributed by atoms with Crippen molar-refractivity contribution in [3.8, 4) is 6.07 Å². The molecule has 4 rings (SSSR count). The Morgan fingerprint density at radius 1 is 1.05 bits per heavy atom. The minimum Gasteiger partial charge on any atom is -0.465 e. The maximum Gasteiger partial charge on any atom is 0.417 e. The average Bonchev–Trinajstić information content (AvgIpc) is 3.08. The Hall–Kier alpha value is -4.92. The van der Waals surface area contributed by atoms with Crippen LogP contribution in [0.25, 0.3) is 0 Å². The summed E-state index contributed by atoms with van der Waals surface area (Å²) in [4.78, 5) is 40.3. The van der Waals surface area contributed by atoms with E-state index in [1.807, 2.05) is 0 Å². The molecule has 1 fully saturated rings. The number of anilines is 3. The van der Waals surface area contributed by atoms with Gasteiger partial charge in [-0.05, 0) is 74.0 Å². The number of methoxy groups -OCH3 is 1. The topological polar surface area (TPSA) is 103 Å². The number of carbonyl (C=O) groups is 3. The first kappa shape index (κ1) is 28.1. The van der Waals surface area contributed by atoms with Crippen LogP contribution in [-0.4, -0.2) is 35.5 Å². The summed E-state index contributed by atoms with van der Waals surface area (Å²) in [6.07, 6.45) is -4.88. The summed E-state index contributed by atoms with van der Waals surface area (Å²) in [6, 6.07) is 13.1. The van der Waals surface area contributed by atoms with E-state index in [0.717, 1.165) is 12.1 Å². The molecule has 8 nitrogen and oxygen atoms in total. The number of benzene rings is 3. The number of imide groups is 1. The summed E-state index contributed by atoms with van der Waals surface area (Å²) in [7, 11) is 1.25. The number of nitrogens with one attached hydrogen (secondary N) is 1. The molecule has 0 aromatic heterocycles. The highest BCUT2D eigenvalue weighted by atomic mass is 19.4. The Balaban J connectivity index is 1.66. The van der Waals surface area contributed by atoms with Gasteiger partial charge in [-0.2, -0.15) is 18.4 Å². The molecule has 1 heterocycles. The van der Waals surface area contributed by atoms with Gasteiger partial charge in [-0.15, -0.1) is 0 Å². The monoisotopic (exact) mass is 554 g/mol. The van der Waals surface area contributed by atoms with Gasteiger partial charge in [0.05, 0.1) is 42.1 Å². The zero-order valence-electron chi connectivity index (χ0n) is 21.5. The van der Waals surface area contributed by atoms with Gasteiger partial charge in [-0.1, -0.05) is 6.07 Å². The van der Waals surface area contributed by atoms with Crippen LogP contribution < -0.4 is 10.2 Å². The lowest BCUT2D eigenvalue weighted by Gasteiger charge is -2.28. The maximum absolute atomic E-state index is 14.2. The second-order valence-corrected chi connectivity index (χ2v) is 9.40. The lowest BCUT2D eigenvalue weighted by Crippen LogP contribution is -2.43. The standard InChI is InChI=1S/C28H22F4N4O4/c1-27(2)25(38)36(21-11-7-17(14-33)22(13-21)28(30,31)32)26(39)35(27)15-18-4-8-19(29)12-23(18)34-20-9-5-16(6-10-20)24(37)40-3/h4-13,34H,15H2,1-3H3. The molecular weight excluding hydrogens is 532 g/mol. The molecule has 0 atom stereocenters. The van der Waals surface area contributed by atoms with Crippen molar-refractivity contribution in [2.75, 3.05) is 17.3 Å². The summed E-state index contributed by atoms with van der Waals surface area (Å²) < 4.78 is 59.5. The van der Waals surface area contributed by atoms with E-state index in [0.29, 0.717) is 27.8 Å². The van der Waals surface area contributed by atoms with E-state index in [2.05, 4.69) is 10.1 Å². The largest absolute Gasteiger partial charge is 0.465 e. The molecule has 1 aliphatic rings. The molecule has 12 heteroatoms. The molecule has 0 spiro atoms. The van der Waals surface area contributed by atoms with E-state index in [-0.39, 0.29) is 17.9 Å². The number of rotatable bonds is 6. The normalized spacial score (nSPS) is 14.8. The van der Waals surface area contributed by atoms with Gasteiger partial charge in [0.15, 0.2) is 0 Å². The zero-order valence-corrected chi connectivity index (χ0v) is 21.5. The summed E-state index contributed by atoms with van der Waals surface area (Å²) in [5.74, 6) is -1.89. The Morgan fingerprint density at radius 2 is 1.73 bits per heavy atom. The van der Waals surface area contributed by atoms with Crippen LogP contribution in [-0.2, 0) is 22.3 Å². The van der Waals surface area contributed by atoms with Crippen molar-refractivity contribution >= 4 is 35.0 Å². The van der Waals surface area contributed by atoms with Crippen LogP contribution in [0.2, 0.25) is 0 Å². The smallest absolute Gasteiger partial charge is 0.417 e. The Kier molecular flexibility index (Phi) is 7.26. The lowest BCUT2D eigenvalue weighted by atomic mass is 10.0. The second kappa shape index (κ2) is 10.3. The zero-order chi connectivity index (χ0) is 29.4. The third-order valence-corrected chi connectivity index (χ3v) is 6.50. The van der Waals surface area contributed by atoms with E-state index in [9.17, 15) is 31.9 Å². The molecule has 0 bridgehead atoms. The number of ether oxygens (including phenoxy) is 1. The van der Waals surface area contributed by atoms with E-state index < -0.39 is 46.6 Å². The molecule has 0 aliphatic carbocycles. The van der Waals surface area contributed by atoms with Crippen LogP contribution in [0.3, 0.4) is 0 Å². The van der Waals surface area contributed by atoms with Gasteiger partial charge < -0.3 is 15.0 Å². The molecule has 3 aromatic carbocycles. The molecule has 1 saturated heterocycles. The molecular formula is C28H22F4N4O4. The molecule has 3 aromatic rings. The van der Waals surface area contributed by atoms with Crippen molar-refractivity contribution in [2.24, 2.45) is 0 Å². The van der Waals surface area contributed by atoms with Crippen LogP contribution >= 0.6 is 0 Å². The second-order valence-electron chi connectivity index (χ2n) is 9.40. The van der Waals surface area contributed by atoms with Gasteiger partial charge in [-0.3, -0.25) is 4.79 Å². The highest BCUT2D eigenvalue weighted by Gasteiger charge is 2.52. The van der Waals surface area contributed by atoms with E-state index in [1.54, 1.807) is 12.1 Å². The average molecular weight is 555 g/mol. The molecule has 40 heavy (non-hydrogen) atoms. The highest BCUT2D eigenvalue weighted by Crippen LogP contribution is 2.39. The number of amides is 3. The van der Waals surface area contributed by atoms with Gasteiger partial charge in [0.25, 0.3) is 5.91 Å². The first-order valence-electron chi connectivity index (χ1n) is 11.8. The van der Waals surface area contributed by atoms with Crippen molar-refractivity contribution < 1.29 is 36.7 Å². The molecule has 3 amide bonds. The van der Waals surface area contributed by atoms with Crippen molar-refractivity contribution in [2.45, 2.75) is 32.1 Å². The summed E-state index contributed by atoms with van der Waals surface area (Å²) in [5, 5.41) is 12.1. The quantitative estimate of drug-likeness (QED) is 0.228. The van der Waals surface area contributed by atoms with E-state index >= 15 is 0 Å². The summed E-state index contributed by atoms with van der Waals surface area (Å²) in [5.41, 5.74) is -2.27. The number of alkyl halides is 3. The number of carbonyl (C=O) groups excluding carboxylic acids is 3.